The highest BCUT2D eigenvalue weighted by atomic mass is 32.2. The zero-order chi connectivity index (χ0) is 13.0. The van der Waals surface area contributed by atoms with E-state index in [1.807, 2.05) is 6.07 Å². The van der Waals surface area contributed by atoms with E-state index in [1.54, 1.807) is 18.2 Å². The largest absolute Gasteiger partial charge is 0.326 e. The predicted octanol–water partition coefficient (Wildman–Crippen LogP) is 3.72. The number of hydrogen-bond acceptors (Lipinski definition) is 2. The third-order valence-corrected chi connectivity index (χ3v) is 3.59. The molecule has 2 aromatic rings. The van der Waals surface area contributed by atoms with Crippen molar-refractivity contribution in [3.05, 3.63) is 65.2 Å². The summed E-state index contributed by atoms with van der Waals surface area (Å²) in [6.07, 6.45) is 0. The average molecular weight is 265 g/mol. The second kappa shape index (κ2) is 5.98. The van der Waals surface area contributed by atoms with Gasteiger partial charge >= 0.3 is 0 Å². The van der Waals surface area contributed by atoms with Gasteiger partial charge in [0.15, 0.2) is 0 Å². The van der Waals surface area contributed by atoms with E-state index in [-0.39, 0.29) is 11.6 Å². The lowest BCUT2D eigenvalue weighted by atomic mass is 10.1. The number of hydrogen-bond donors (Lipinski definition) is 1. The predicted molar refractivity (Wildman–Crippen MR) is 70.3 cm³/mol. The molecule has 0 radical (unpaired) electrons. The summed E-state index contributed by atoms with van der Waals surface area (Å²) in [4.78, 5) is 0.789. The number of rotatable bonds is 4. The van der Waals surface area contributed by atoms with Crippen molar-refractivity contribution in [1.82, 2.24) is 0 Å². The molecule has 0 bridgehead atoms. The van der Waals surface area contributed by atoms with Crippen LogP contribution in [0.5, 0.6) is 0 Å². The Labute approximate surface area is 109 Å². The molecule has 4 heteroatoms. The number of nitrogens with two attached hydrogens (primary N) is 1. The summed E-state index contributed by atoms with van der Waals surface area (Å²) in [6, 6.07) is 11.3. The summed E-state index contributed by atoms with van der Waals surface area (Å²) in [7, 11) is 0. The van der Waals surface area contributed by atoms with E-state index in [9.17, 15) is 8.78 Å². The van der Waals surface area contributed by atoms with E-state index < -0.39 is 0 Å². The smallest absolute Gasteiger partial charge is 0.127 e. The molecule has 0 aromatic heterocycles. The molecule has 0 amide bonds. The fourth-order valence-electron chi connectivity index (χ4n) is 1.55. The molecule has 2 aromatic carbocycles. The van der Waals surface area contributed by atoms with E-state index in [4.69, 9.17) is 5.73 Å². The van der Waals surface area contributed by atoms with Crippen LogP contribution in [0.1, 0.15) is 11.1 Å². The van der Waals surface area contributed by atoms with Crippen molar-refractivity contribution >= 4 is 11.8 Å². The van der Waals surface area contributed by atoms with Crippen molar-refractivity contribution in [2.24, 2.45) is 5.73 Å². The first-order chi connectivity index (χ1) is 8.69. The van der Waals surface area contributed by atoms with Gasteiger partial charge in [0, 0.05) is 17.2 Å². The molecule has 0 unspecified atom stereocenters. The van der Waals surface area contributed by atoms with Gasteiger partial charge in [-0.1, -0.05) is 18.2 Å². The number of halogens is 2. The summed E-state index contributed by atoms with van der Waals surface area (Å²) >= 11 is 1.40. The fourth-order valence-corrected chi connectivity index (χ4v) is 2.48. The van der Waals surface area contributed by atoms with Crippen LogP contribution in [0.4, 0.5) is 8.78 Å². The second-order valence-electron chi connectivity index (χ2n) is 3.88. The van der Waals surface area contributed by atoms with Crippen LogP contribution in [0, 0.1) is 11.6 Å². The van der Waals surface area contributed by atoms with Crippen LogP contribution in [0.25, 0.3) is 0 Å². The van der Waals surface area contributed by atoms with E-state index in [0.717, 1.165) is 10.5 Å². The molecule has 0 spiro atoms. The minimum absolute atomic E-state index is 0.262. The average Bonchev–Trinajstić information content (AvgIpc) is 2.37. The lowest BCUT2D eigenvalue weighted by molar-refractivity contribution is 0.615. The Hall–Kier alpha value is -1.39. The Morgan fingerprint density at radius 1 is 1.06 bits per heavy atom. The quantitative estimate of drug-likeness (QED) is 0.853. The van der Waals surface area contributed by atoms with Crippen LogP contribution in [-0.4, -0.2) is 0 Å². The SMILES string of the molecule is NCc1ccc(CSc2cccc(F)c2)c(F)c1. The molecule has 2 N–H and O–H groups in total. The van der Waals surface area contributed by atoms with Gasteiger partial charge in [0.2, 0.25) is 0 Å². The van der Waals surface area contributed by atoms with Crippen LogP contribution < -0.4 is 5.73 Å². The summed E-state index contributed by atoms with van der Waals surface area (Å²) < 4.78 is 26.6. The molecule has 0 aliphatic carbocycles. The van der Waals surface area contributed by atoms with Crippen LogP contribution in [0.2, 0.25) is 0 Å². The summed E-state index contributed by atoms with van der Waals surface area (Å²) in [5.41, 5.74) is 6.81. The Balaban J connectivity index is 2.06. The fraction of sp³-hybridized carbons (Fsp3) is 0.143. The van der Waals surface area contributed by atoms with Gasteiger partial charge in [0.25, 0.3) is 0 Å². The van der Waals surface area contributed by atoms with Crippen molar-refractivity contribution in [3.63, 3.8) is 0 Å². The van der Waals surface area contributed by atoms with Gasteiger partial charge in [-0.25, -0.2) is 8.78 Å². The van der Waals surface area contributed by atoms with E-state index in [2.05, 4.69) is 0 Å². The highest BCUT2D eigenvalue weighted by Gasteiger charge is 2.04. The van der Waals surface area contributed by atoms with Gasteiger partial charge in [-0.2, -0.15) is 0 Å². The Kier molecular flexibility index (Phi) is 4.33. The van der Waals surface area contributed by atoms with Crippen molar-refractivity contribution in [2.45, 2.75) is 17.2 Å². The Morgan fingerprint density at radius 2 is 1.89 bits per heavy atom. The monoisotopic (exact) mass is 265 g/mol. The Bertz CT molecular complexity index is 543. The number of benzene rings is 2. The zero-order valence-corrected chi connectivity index (χ0v) is 10.5. The van der Waals surface area contributed by atoms with Crippen molar-refractivity contribution in [2.75, 3.05) is 0 Å². The van der Waals surface area contributed by atoms with Gasteiger partial charge in [-0.05, 0) is 35.4 Å². The van der Waals surface area contributed by atoms with E-state index in [1.165, 1.54) is 30.0 Å². The van der Waals surface area contributed by atoms with E-state index in [0.29, 0.717) is 17.9 Å². The lowest BCUT2D eigenvalue weighted by Crippen LogP contribution is -1.98. The van der Waals surface area contributed by atoms with Gasteiger partial charge in [-0.15, -0.1) is 11.8 Å². The third kappa shape index (κ3) is 3.31. The van der Waals surface area contributed by atoms with E-state index >= 15 is 0 Å². The van der Waals surface area contributed by atoms with Crippen LogP contribution >= 0.6 is 11.8 Å². The summed E-state index contributed by atoms with van der Waals surface area (Å²) in [5, 5.41) is 0. The molecule has 2 rings (SSSR count). The molecule has 0 fully saturated rings. The topological polar surface area (TPSA) is 26.0 Å². The number of thioether (sulfide) groups is 1. The van der Waals surface area contributed by atoms with Crippen LogP contribution in [0.15, 0.2) is 47.4 Å². The second-order valence-corrected chi connectivity index (χ2v) is 4.92. The first-order valence-corrected chi connectivity index (χ1v) is 6.53. The zero-order valence-electron chi connectivity index (χ0n) is 9.70. The van der Waals surface area contributed by atoms with Crippen LogP contribution in [-0.2, 0) is 12.3 Å². The van der Waals surface area contributed by atoms with Gasteiger partial charge < -0.3 is 5.73 Å². The Morgan fingerprint density at radius 3 is 2.56 bits per heavy atom. The molecule has 94 valence electrons. The lowest BCUT2D eigenvalue weighted by Gasteiger charge is -2.05. The van der Waals surface area contributed by atoms with Crippen molar-refractivity contribution in [1.29, 1.82) is 0 Å². The molecular weight excluding hydrogens is 252 g/mol. The van der Waals surface area contributed by atoms with Gasteiger partial charge in [0.05, 0.1) is 0 Å². The molecule has 0 aliphatic rings. The maximum Gasteiger partial charge on any atom is 0.127 e. The van der Waals surface area contributed by atoms with Crippen molar-refractivity contribution in [3.8, 4) is 0 Å². The van der Waals surface area contributed by atoms with Gasteiger partial charge in [0.1, 0.15) is 11.6 Å². The van der Waals surface area contributed by atoms with Gasteiger partial charge in [-0.3, -0.25) is 0 Å². The minimum atomic E-state index is -0.279. The highest BCUT2D eigenvalue weighted by molar-refractivity contribution is 7.98. The first-order valence-electron chi connectivity index (χ1n) is 5.55. The maximum atomic E-state index is 13.7. The molecule has 0 heterocycles. The third-order valence-electron chi connectivity index (χ3n) is 2.54. The van der Waals surface area contributed by atoms with Crippen molar-refractivity contribution < 1.29 is 8.78 Å². The molecule has 18 heavy (non-hydrogen) atoms. The standard InChI is InChI=1S/C14H13F2NS/c15-12-2-1-3-13(7-12)18-9-11-5-4-10(8-17)6-14(11)16/h1-7H,8-9,17H2. The maximum absolute atomic E-state index is 13.7. The molecule has 0 saturated heterocycles. The normalized spacial score (nSPS) is 10.6. The minimum Gasteiger partial charge on any atom is -0.326 e. The summed E-state index contributed by atoms with van der Waals surface area (Å²) in [6.45, 7) is 0.328. The molecule has 0 aliphatic heterocycles. The molecule has 0 saturated carbocycles. The summed E-state index contributed by atoms with van der Waals surface area (Å²) in [5.74, 6) is -0.0686. The molecular formula is C14H13F2NS. The molecule has 0 atom stereocenters. The molecule has 1 nitrogen and oxygen atoms in total. The highest BCUT2D eigenvalue weighted by Crippen LogP contribution is 2.24. The van der Waals surface area contributed by atoms with Crippen LogP contribution in [0.3, 0.4) is 0 Å². The first kappa shape index (κ1) is 13.1.